The number of anilines is 1. The van der Waals surface area contributed by atoms with E-state index in [0.717, 1.165) is 0 Å². The molecule has 0 spiro atoms. The predicted octanol–water partition coefficient (Wildman–Crippen LogP) is 4.22. The Balaban J connectivity index is 1.82. The van der Waals surface area contributed by atoms with Gasteiger partial charge in [-0.15, -0.1) is 13.2 Å². The minimum atomic E-state index is -4.86. The number of halogens is 4. The number of ether oxygens (including phenoxy) is 1. The summed E-state index contributed by atoms with van der Waals surface area (Å²) in [6, 6.07) is 9.10. The van der Waals surface area contributed by atoms with Crippen LogP contribution >= 0.6 is 11.6 Å². The highest BCUT2D eigenvalue weighted by atomic mass is 35.5. The van der Waals surface area contributed by atoms with Crippen molar-refractivity contribution >= 4 is 29.1 Å². The number of carbonyl (C=O) groups is 2. The van der Waals surface area contributed by atoms with Gasteiger partial charge in [-0.25, -0.2) is 0 Å². The van der Waals surface area contributed by atoms with E-state index in [0.29, 0.717) is 12.1 Å². The molecule has 0 bridgehead atoms. The van der Waals surface area contributed by atoms with Crippen LogP contribution in [0.5, 0.6) is 5.75 Å². The first-order valence-electron chi connectivity index (χ1n) is 9.46. The van der Waals surface area contributed by atoms with Gasteiger partial charge >= 0.3 is 6.36 Å². The zero-order chi connectivity index (χ0) is 22.8. The summed E-state index contributed by atoms with van der Waals surface area (Å²) in [6.07, 6.45) is -5.05. The smallest absolute Gasteiger partial charge is 0.405 e. The Kier molecular flexibility index (Phi) is 6.76. The molecule has 0 radical (unpaired) electrons. The summed E-state index contributed by atoms with van der Waals surface area (Å²) >= 11 is 6.29. The van der Waals surface area contributed by atoms with Gasteiger partial charge in [-0.2, -0.15) is 0 Å². The number of carbonyl (C=O) groups excluding carboxylic acids is 2. The second-order valence-corrected chi connectivity index (χ2v) is 7.54. The van der Waals surface area contributed by atoms with Crippen molar-refractivity contribution in [2.45, 2.75) is 38.3 Å². The number of nitrogens with zero attached hydrogens (tertiary/aromatic N) is 1. The minimum absolute atomic E-state index is 0.100. The molecule has 1 saturated heterocycles. The third-order valence-corrected chi connectivity index (χ3v) is 5.23. The predicted molar refractivity (Wildman–Crippen MR) is 109 cm³/mol. The molecule has 10 heteroatoms. The van der Waals surface area contributed by atoms with Crippen molar-refractivity contribution in [1.82, 2.24) is 4.90 Å². The summed E-state index contributed by atoms with van der Waals surface area (Å²) in [6.45, 7) is 1.62. The number of likely N-dealkylation sites (tertiary alicyclic amines) is 1. The maximum atomic E-state index is 12.7. The number of aliphatic hydroxyl groups is 1. The first kappa shape index (κ1) is 22.9. The average molecular weight is 457 g/mol. The molecular weight excluding hydrogens is 437 g/mol. The van der Waals surface area contributed by atoms with Crippen molar-refractivity contribution in [2.24, 2.45) is 0 Å². The monoisotopic (exact) mass is 456 g/mol. The van der Waals surface area contributed by atoms with Crippen molar-refractivity contribution in [2.75, 3.05) is 11.9 Å². The number of alkyl halides is 3. The van der Waals surface area contributed by atoms with Crippen molar-refractivity contribution in [3.8, 4) is 16.9 Å². The van der Waals surface area contributed by atoms with Crippen LogP contribution in [0, 0.1) is 0 Å². The van der Waals surface area contributed by atoms with Gasteiger partial charge in [0.1, 0.15) is 11.8 Å². The van der Waals surface area contributed by atoms with Crippen LogP contribution in [0.1, 0.15) is 19.8 Å². The molecule has 2 N–H and O–H groups in total. The van der Waals surface area contributed by atoms with Crippen LogP contribution in [-0.4, -0.2) is 46.9 Å². The van der Waals surface area contributed by atoms with Crippen LogP contribution in [-0.2, 0) is 9.59 Å². The molecule has 1 fully saturated rings. The lowest BCUT2D eigenvalue weighted by Crippen LogP contribution is -2.52. The molecule has 0 aliphatic carbocycles. The number of rotatable bonds is 4. The molecule has 31 heavy (non-hydrogen) atoms. The second kappa shape index (κ2) is 9.15. The van der Waals surface area contributed by atoms with Gasteiger partial charge in [0.25, 0.3) is 0 Å². The molecule has 1 heterocycles. The summed E-state index contributed by atoms with van der Waals surface area (Å²) in [4.78, 5) is 25.9. The van der Waals surface area contributed by atoms with E-state index in [2.05, 4.69) is 10.1 Å². The Hall–Kier alpha value is -2.78. The van der Waals surface area contributed by atoms with Gasteiger partial charge in [0, 0.05) is 36.7 Å². The molecule has 166 valence electrons. The fraction of sp³-hybridized carbons (Fsp3) is 0.333. The lowest BCUT2D eigenvalue weighted by atomic mass is 9.98. The number of aliphatic hydroxyl groups excluding tert-OH is 1. The number of benzene rings is 2. The molecule has 2 aromatic rings. The fourth-order valence-corrected chi connectivity index (χ4v) is 3.79. The van der Waals surface area contributed by atoms with E-state index in [1.807, 2.05) is 0 Å². The van der Waals surface area contributed by atoms with Crippen LogP contribution in [0.25, 0.3) is 11.1 Å². The van der Waals surface area contributed by atoms with E-state index in [-0.39, 0.29) is 35.0 Å². The first-order chi connectivity index (χ1) is 14.5. The normalized spacial score (nSPS) is 19.1. The van der Waals surface area contributed by atoms with Crippen molar-refractivity contribution in [1.29, 1.82) is 0 Å². The Morgan fingerprint density at radius 3 is 2.55 bits per heavy atom. The van der Waals surface area contributed by atoms with E-state index in [4.69, 9.17) is 11.6 Å². The number of nitrogens with one attached hydrogen (secondary N) is 1. The van der Waals surface area contributed by atoms with Crippen LogP contribution in [0.2, 0.25) is 5.02 Å². The summed E-state index contributed by atoms with van der Waals surface area (Å²) < 4.78 is 42.1. The van der Waals surface area contributed by atoms with Crippen molar-refractivity contribution < 1.29 is 32.6 Å². The third-order valence-electron chi connectivity index (χ3n) is 4.92. The van der Waals surface area contributed by atoms with E-state index >= 15 is 0 Å². The Labute approximate surface area is 181 Å². The van der Waals surface area contributed by atoms with Gasteiger partial charge in [-0.05, 0) is 24.6 Å². The lowest BCUT2D eigenvalue weighted by molar-refractivity contribution is -0.274. The summed E-state index contributed by atoms with van der Waals surface area (Å²) in [7, 11) is 0. The van der Waals surface area contributed by atoms with Gasteiger partial charge in [0.15, 0.2) is 0 Å². The summed E-state index contributed by atoms with van der Waals surface area (Å²) in [5.41, 5.74) is 0.732. The minimum Gasteiger partial charge on any atom is -0.405 e. The zero-order valence-corrected chi connectivity index (χ0v) is 17.2. The standard InChI is InChI=1S/C21H20ClF3N2O4/c1-12(28)27-9-8-14(29)11-18(27)20(30)26-13-6-7-15(17(22)10-13)16-4-2-3-5-19(16)31-21(23,24)25/h2-7,10,14,18,29H,8-9,11H2,1H3,(H,26,30)/t14?,18-/m1/s1. The molecule has 2 aromatic carbocycles. The highest BCUT2D eigenvalue weighted by molar-refractivity contribution is 6.33. The summed E-state index contributed by atoms with van der Waals surface area (Å²) in [5.74, 6) is -1.16. The zero-order valence-electron chi connectivity index (χ0n) is 16.4. The molecule has 0 aromatic heterocycles. The lowest BCUT2D eigenvalue weighted by Gasteiger charge is -2.36. The van der Waals surface area contributed by atoms with E-state index < -0.39 is 30.2 Å². The van der Waals surface area contributed by atoms with Crippen LogP contribution < -0.4 is 10.1 Å². The van der Waals surface area contributed by atoms with Crippen LogP contribution in [0.3, 0.4) is 0 Å². The van der Waals surface area contributed by atoms with Crippen LogP contribution in [0.15, 0.2) is 42.5 Å². The number of hydrogen-bond acceptors (Lipinski definition) is 4. The van der Waals surface area contributed by atoms with E-state index in [9.17, 15) is 27.9 Å². The number of para-hydroxylation sites is 1. The SMILES string of the molecule is CC(=O)N1CCC(O)C[C@@H]1C(=O)Nc1ccc(-c2ccccc2OC(F)(F)F)c(Cl)c1. The van der Waals surface area contributed by atoms with Gasteiger partial charge in [0.2, 0.25) is 11.8 Å². The first-order valence-corrected chi connectivity index (χ1v) is 9.84. The maximum Gasteiger partial charge on any atom is 0.573 e. The van der Waals surface area contributed by atoms with Gasteiger partial charge < -0.3 is 20.1 Å². The Morgan fingerprint density at radius 2 is 1.90 bits per heavy atom. The topological polar surface area (TPSA) is 78.9 Å². The molecule has 2 amide bonds. The molecule has 2 atom stereocenters. The van der Waals surface area contributed by atoms with Crippen molar-refractivity contribution in [3.05, 3.63) is 47.5 Å². The molecule has 3 rings (SSSR count). The van der Waals surface area contributed by atoms with Gasteiger partial charge in [0.05, 0.1) is 11.1 Å². The molecule has 1 aliphatic rings. The number of amides is 2. The average Bonchev–Trinajstić information content (AvgIpc) is 2.67. The van der Waals surface area contributed by atoms with Crippen molar-refractivity contribution in [3.63, 3.8) is 0 Å². The second-order valence-electron chi connectivity index (χ2n) is 7.13. The largest absolute Gasteiger partial charge is 0.573 e. The quantitative estimate of drug-likeness (QED) is 0.722. The number of hydrogen-bond donors (Lipinski definition) is 2. The Bertz CT molecular complexity index is 983. The highest BCUT2D eigenvalue weighted by Gasteiger charge is 2.34. The number of piperidine rings is 1. The maximum absolute atomic E-state index is 12.7. The molecule has 6 nitrogen and oxygen atoms in total. The van der Waals surface area contributed by atoms with Crippen LogP contribution in [0.4, 0.5) is 18.9 Å². The van der Waals surface area contributed by atoms with Gasteiger partial charge in [-0.3, -0.25) is 9.59 Å². The fourth-order valence-electron chi connectivity index (χ4n) is 3.51. The molecule has 1 aliphatic heterocycles. The molecular formula is C21H20ClF3N2O4. The molecule has 1 unspecified atom stereocenters. The van der Waals surface area contributed by atoms with E-state index in [1.54, 1.807) is 6.07 Å². The highest BCUT2D eigenvalue weighted by Crippen LogP contribution is 2.38. The third kappa shape index (κ3) is 5.68. The Morgan fingerprint density at radius 1 is 1.19 bits per heavy atom. The molecule has 0 saturated carbocycles. The van der Waals surface area contributed by atoms with E-state index in [1.165, 1.54) is 48.2 Å². The summed E-state index contributed by atoms with van der Waals surface area (Å²) in [5, 5.41) is 12.6. The van der Waals surface area contributed by atoms with Gasteiger partial charge in [-0.1, -0.05) is 35.9 Å².